The number of fused-ring (bicyclic) bond motifs is 1. The molecule has 1 N–H and O–H groups in total. The molecule has 3 rings (SSSR count). The molecular weight excluding hydrogens is 242 g/mol. The molecule has 1 unspecified atom stereocenters. The zero-order chi connectivity index (χ0) is 13.2. The van der Waals surface area contributed by atoms with Crippen molar-refractivity contribution in [1.29, 1.82) is 0 Å². The second-order valence-electron chi connectivity index (χ2n) is 5.25. The van der Waals surface area contributed by atoms with Crippen LogP contribution in [-0.2, 0) is 17.6 Å². The van der Waals surface area contributed by atoms with Gasteiger partial charge in [0.2, 0.25) is 0 Å². The molecule has 1 heterocycles. The Labute approximate surface area is 113 Å². The number of rotatable bonds is 2. The molecule has 1 atom stereocenters. The van der Waals surface area contributed by atoms with Gasteiger partial charge in [0.15, 0.2) is 0 Å². The predicted octanol–water partition coefficient (Wildman–Crippen LogP) is 1.01. The van der Waals surface area contributed by atoms with E-state index in [1.165, 1.54) is 17.5 Å². The van der Waals surface area contributed by atoms with E-state index in [-0.39, 0.29) is 18.6 Å². The zero-order valence-corrected chi connectivity index (χ0v) is 11.0. The monoisotopic (exact) mass is 261 g/mol. The summed E-state index contributed by atoms with van der Waals surface area (Å²) in [6, 6.07) is 5.80. The Morgan fingerprint density at radius 3 is 3.05 bits per heavy atom. The maximum absolute atomic E-state index is 12.5. The van der Waals surface area contributed by atoms with E-state index in [1.54, 1.807) is 4.90 Å². The van der Waals surface area contributed by atoms with Crippen LogP contribution in [0.1, 0.15) is 27.9 Å². The number of carbonyl (C=O) groups excluding carboxylic acids is 1. The predicted molar refractivity (Wildman–Crippen MR) is 71.2 cm³/mol. The van der Waals surface area contributed by atoms with E-state index in [1.807, 2.05) is 12.1 Å². The van der Waals surface area contributed by atoms with Gasteiger partial charge in [-0.15, -0.1) is 0 Å². The minimum atomic E-state index is -0.213. The van der Waals surface area contributed by atoms with E-state index >= 15 is 0 Å². The van der Waals surface area contributed by atoms with Gasteiger partial charge in [0, 0.05) is 12.1 Å². The summed E-state index contributed by atoms with van der Waals surface area (Å²) >= 11 is 0. The molecule has 102 valence electrons. The summed E-state index contributed by atoms with van der Waals surface area (Å²) in [5.41, 5.74) is 3.41. The zero-order valence-electron chi connectivity index (χ0n) is 11.0. The number of aryl methyl sites for hydroxylation is 2. The first-order chi connectivity index (χ1) is 9.29. The molecule has 1 saturated heterocycles. The summed E-state index contributed by atoms with van der Waals surface area (Å²) in [6.07, 6.45) is 3.38. The number of hydrogen-bond acceptors (Lipinski definition) is 3. The summed E-state index contributed by atoms with van der Waals surface area (Å²) in [5.74, 6) is 0.0112. The van der Waals surface area contributed by atoms with Gasteiger partial charge in [-0.1, -0.05) is 6.07 Å². The Balaban J connectivity index is 1.82. The Hall–Kier alpha value is -1.39. The van der Waals surface area contributed by atoms with E-state index in [0.29, 0.717) is 19.8 Å². The second kappa shape index (κ2) is 5.31. The third-order valence-corrected chi connectivity index (χ3v) is 4.04. The van der Waals surface area contributed by atoms with E-state index in [4.69, 9.17) is 4.74 Å². The Kier molecular flexibility index (Phi) is 3.53. The SMILES string of the molecule is O=C(c1ccc2c(c1)CCC2)N1CCOCC1CO. The van der Waals surface area contributed by atoms with Crippen molar-refractivity contribution < 1.29 is 14.6 Å². The van der Waals surface area contributed by atoms with Crippen molar-refractivity contribution >= 4 is 5.91 Å². The van der Waals surface area contributed by atoms with Crippen LogP contribution in [0.2, 0.25) is 0 Å². The Morgan fingerprint density at radius 1 is 1.37 bits per heavy atom. The quantitative estimate of drug-likeness (QED) is 0.864. The van der Waals surface area contributed by atoms with Crippen LogP contribution in [0.4, 0.5) is 0 Å². The summed E-state index contributed by atoms with van der Waals surface area (Å²) in [5, 5.41) is 9.34. The van der Waals surface area contributed by atoms with Crippen LogP contribution in [0.25, 0.3) is 0 Å². The van der Waals surface area contributed by atoms with Crippen molar-refractivity contribution in [3.05, 3.63) is 34.9 Å². The highest BCUT2D eigenvalue weighted by atomic mass is 16.5. The Morgan fingerprint density at radius 2 is 2.21 bits per heavy atom. The molecule has 0 radical (unpaired) electrons. The molecule has 1 aliphatic heterocycles. The largest absolute Gasteiger partial charge is 0.394 e. The summed E-state index contributed by atoms with van der Waals surface area (Å²) < 4.78 is 5.31. The molecule has 0 spiro atoms. The highest BCUT2D eigenvalue weighted by Gasteiger charge is 2.28. The minimum Gasteiger partial charge on any atom is -0.394 e. The van der Waals surface area contributed by atoms with Gasteiger partial charge in [0.05, 0.1) is 25.9 Å². The first kappa shape index (κ1) is 12.6. The second-order valence-corrected chi connectivity index (χ2v) is 5.25. The molecule has 1 aromatic rings. The van der Waals surface area contributed by atoms with Crippen LogP contribution >= 0.6 is 0 Å². The van der Waals surface area contributed by atoms with Gasteiger partial charge < -0.3 is 14.7 Å². The fourth-order valence-electron chi connectivity index (χ4n) is 2.94. The van der Waals surface area contributed by atoms with Gasteiger partial charge in [-0.05, 0) is 42.5 Å². The van der Waals surface area contributed by atoms with Crippen LogP contribution in [0.15, 0.2) is 18.2 Å². The number of aliphatic hydroxyl groups excluding tert-OH is 1. The molecular formula is C15H19NO3. The minimum absolute atomic E-state index is 0.0112. The van der Waals surface area contributed by atoms with E-state index in [0.717, 1.165) is 18.4 Å². The molecule has 4 heteroatoms. The number of hydrogen-bond donors (Lipinski definition) is 1. The van der Waals surface area contributed by atoms with Gasteiger partial charge >= 0.3 is 0 Å². The van der Waals surface area contributed by atoms with Crippen molar-refractivity contribution in [3.8, 4) is 0 Å². The highest BCUT2D eigenvalue weighted by molar-refractivity contribution is 5.94. The molecule has 1 fully saturated rings. The first-order valence-electron chi connectivity index (χ1n) is 6.91. The van der Waals surface area contributed by atoms with Crippen molar-refractivity contribution in [2.24, 2.45) is 0 Å². The van der Waals surface area contributed by atoms with Crippen molar-refractivity contribution in [1.82, 2.24) is 4.90 Å². The number of nitrogens with zero attached hydrogens (tertiary/aromatic N) is 1. The van der Waals surface area contributed by atoms with Crippen LogP contribution < -0.4 is 0 Å². The summed E-state index contributed by atoms with van der Waals surface area (Å²) in [6.45, 7) is 1.48. The van der Waals surface area contributed by atoms with Crippen LogP contribution in [0.3, 0.4) is 0 Å². The number of benzene rings is 1. The number of ether oxygens (including phenoxy) is 1. The van der Waals surface area contributed by atoms with Crippen molar-refractivity contribution in [3.63, 3.8) is 0 Å². The maximum Gasteiger partial charge on any atom is 0.254 e. The number of amides is 1. The van der Waals surface area contributed by atoms with Crippen LogP contribution in [-0.4, -0.2) is 48.3 Å². The highest BCUT2D eigenvalue weighted by Crippen LogP contribution is 2.24. The van der Waals surface area contributed by atoms with Gasteiger partial charge in [-0.25, -0.2) is 0 Å². The number of aliphatic hydroxyl groups is 1. The lowest BCUT2D eigenvalue weighted by Gasteiger charge is -2.34. The average molecular weight is 261 g/mol. The number of morpholine rings is 1. The summed E-state index contributed by atoms with van der Waals surface area (Å²) in [7, 11) is 0. The summed E-state index contributed by atoms with van der Waals surface area (Å²) in [4.78, 5) is 14.3. The molecule has 1 aliphatic carbocycles. The average Bonchev–Trinajstić information content (AvgIpc) is 2.93. The van der Waals surface area contributed by atoms with Crippen molar-refractivity contribution in [2.45, 2.75) is 25.3 Å². The topological polar surface area (TPSA) is 49.8 Å². The van der Waals surface area contributed by atoms with Gasteiger partial charge in [0.25, 0.3) is 5.91 Å². The fourth-order valence-corrected chi connectivity index (χ4v) is 2.94. The Bertz CT molecular complexity index is 486. The van der Waals surface area contributed by atoms with Gasteiger partial charge in [0.1, 0.15) is 0 Å². The van der Waals surface area contributed by atoms with Crippen molar-refractivity contribution in [2.75, 3.05) is 26.4 Å². The molecule has 0 bridgehead atoms. The number of carbonyl (C=O) groups is 1. The first-order valence-corrected chi connectivity index (χ1v) is 6.91. The van der Waals surface area contributed by atoms with Crippen LogP contribution in [0, 0.1) is 0 Å². The maximum atomic E-state index is 12.5. The van der Waals surface area contributed by atoms with E-state index < -0.39 is 0 Å². The fraction of sp³-hybridized carbons (Fsp3) is 0.533. The van der Waals surface area contributed by atoms with Crippen LogP contribution in [0.5, 0.6) is 0 Å². The lowest BCUT2D eigenvalue weighted by Crippen LogP contribution is -2.50. The standard InChI is InChI=1S/C15H19NO3/c17-9-14-10-19-7-6-16(14)15(18)13-5-4-11-2-1-3-12(11)8-13/h4-5,8,14,17H,1-3,6-7,9-10H2. The molecule has 0 aromatic heterocycles. The normalized spacial score (nSPS) is 22.4. The van der Waals surface area contributed by atoms with Gasteiger partial charge in [-0.2, -0.15) is 0 Å². The molecule has 4 nitrogen and oxygen atoms in total. The van der Waals surface area contributed by atoms with E-state index in [2.05, 4.69) is 6.07 Å². The molecule has 1 amide bonds. The lowest BCUT2D eigenvalue weighted by atomic mass is 10.0. The third kappa shape index (κ3) is 2.38. The third-order valence-electron chi connectivity index (χ3n) is 4.04. The molecule has 19 heavy (non-hydrogen) atoms. The lowest BCUT2D eigenvalue weighted by molar-refractivity contribution is -0.0183. The molecule has 0 saturated carbocycles. The smallest absolute Gasteiger partial charge is 0.254 e. The molecule has 1 aromatic carbocycles. The van der Waals surface area contributed by atoms with Gasteiger partial charge in [-0.3, -0.25) is 4.79 Å². The molecule has 2 aliphatic rings. The van der Waals surface area contributed by atoms with E-state index in [9.17, 15) is 9.90 Å².